The van der Waals surface area contributed by atoms with Crippen molar-refractivity contribution in [3.05, 3.63) is 24.3 Å². The molecule has 0 bridgehead atoms. The van der Waals surface area contributed by atoms with Crippen LogP contribution < -0.4 is 9.47 Å². The lowest BCUT2D eigenvalue weighted by atomic mass is 9.99. The van der Waals surface area contributed by atoms with E-state index in [4.69, 9.17) is 9.47 Å². The van der Waals surface area contributed by atoms with Gasteiger partial charge in [-0.15, -0.1) is 0 Å². The number of methoxy groups -OCH3 is 1. The number of benzene rings is 1. The summed E-state index contributed by atoms with van der Waals surface area (Å²) in [5.41, 5.74) is 0. The molecule has 1 aliphatic rings. The van der Waals surface area contributed by atoms with Crippen LogP contribution >= 0.6 is 0 Å². The fourth-order valence-electron chi connectivity index (χ4n) is 2.26. The fraction of sp³-hybridized carbons (Fsp3) is 0.533. The molecule has 0 radical (unpaired) electrons. The molecule has 0 amide bonds. The van der Waals surface area contributed by atoms with E-state index in [-0.39, 0.29) is 5.92 Å². The van der Waals surface area contributed by atoms with Gasteiger partial charge in [0.1, 0.15) is 23.9 Å². The van der Waals surface area contributed by atoms with Gasteiger partial charge in [0.05, 0.1) is 7.11 Å². The summed E-state index contributed by atoms with van der Waals surface area (Å²) in [6.07, 6.45) is 0.670. The molecule has 1 fully saturated rings. The molecule has 4 heteroatoms. The van der Waals surface area contributed by atoms with Crippen LogP contribution in [0.15, 0.2) is 24.3 Å². The van der Waals surface area contributed by atoms with Crippen LogP contribution in [0.5, 0.6) is 11.5 Å². The molecule has 1 atom stereocenters. The smallest absolute Gasteiger partial charge is 0.138 e. The molecule has 19 heavy (non-hydrogen) atoms. The second-order valence-electron chi connectivity index (χ2n) is 4.94. The van der Waals surface area contributed by atoms with Gasteiger partial charge in [-0.1, -0.05) is 6.92 Å². The van der Waals surface area contributed by atoms with E-state index in [1.165, 1.54) is 0 Å². The SMILES string of the molecule is COc1ccc(OCCN2CCC(=O)C(C)C2)cc1. The number of likely N-dealkylation sites (tertiary alicyclic amines) is 1. The molecule has 1 aliphatic heterocycles. The Labute approximate surface area is 114 Å². The predicted molar refractivity (Wildman–Crippen MR) is 73.7 cm³/mol. The van der Waals surface area contributed by atoms with Crippen LogP contribution in [-0.4, -0.2) is 44.0 Å². The summed E-state index contributed by atoms with van der Waals surface area (Å²) in [5, 5.41) is 0. The molecule has 1 aromatic rings. The molecule has 0 saturated carbocycles. The molecule has 104 valence electrons. The first-order valence-corrected chi connectivity index (χ1v) is 6.71. The van der Waals surface area contributed by atoms with Gasteiger partial charge in [-0.2, -0.15) is 0 Å². The van der Waals surface area contributed by atoms with Crippen LogP contribution in [0.2, 0.25) is 0 Å². The van der Waals surface area contributed by atoms with E-state index in [0.717, 1.165) is 31.1 Å². The fourth-order valence-corrected chi connectivity index (χ4v) is 2.26. The summed E-state index contributed by atoms with van der Waals surface area (Å²) in [6.45, 7) is 5.22. The van der Waals surface area contributed by atoms with Crippen molar-refractivity contribution in [3.8, 4) is 11.5 Å². The number of hydrogen-bond donors (Lipinski definition) is 0. The second-order valence-corrected chi connectivity index (χ2v) is 4.94. The molecule has 0 aliphatic carbocycles. The van der Waals surface area contributed by atoms with Gasteiger partial charge in [0.25, 0.3) is 0 Å². The van der Waals surface area contributed by atoms with Gasteiger partial charge in [0, 0.05) is 32.0 Å². The van der Waals surface area contributed by atoms with E-state index in [2.05, 4.69) is 4.90 Å². The number of piperidine rings is 1. The minimum atomic E-state index is 0.162. The van der Waals surface area contributed by atoms with Crippen molar-refractivity contribution in [2.24, 2.45) is 5.92 Å². The van der Waals surface area contributed by atoms with Crippen molar-refractivity contribution in [2.45, 2.75) is 13.3 Å². The highest BCUT2D eigenvalue weighted by Gasteiger charge is 2.22. The molecule has 1 aromatic carbocycles. The lowest BCUT2D eigenvalue weighted by Gasteiger charge is -2.29. The first-order valence-electron chi connectivity index (χ1n) is 6.71. The zero-order valence-corrected chi connectivity index (χ0v) is 11.6. The van der Waals surface area contributed by atoms with Crippen molar-refractivity contribution in [2.75, 3.05) is 33.4 Å². The molecule has 1 saturated heterocycles. The van der Waals surface area contributed by atoms with Gasteiger partial charge in [0.2, 0.25) is 0 Å². The molecule has 1 unspecified atom stereocenters. The van der Waals surface area contributed by atoms with Crippen LogP contribution in [0.25, 0.3) is 0 Å². The van der Waals surface area contributed by atoms with Crippen molar-refractivity contribution < 1.29 is 14.3 Å². The number of ether oxygens (including phenoxy) is 2. The number of hydrogen-bond acceptors (Lipinski definition) is 4. The Bertz CT molecular complexity index is 416. The Morgan fingerprint density at radius 2 is 1.95 bits per heavy atom. The number of nitrogens with zero attached hydrogens (tertiary/aromatic N) is 1. The summed E-state index contributed by atoms with van der Waals surface area (Å²) >= 11 is 0. The van der Waals surface area contributed by atoms with E-state index in [0.29, 0.717) is 18.8 Å². The van der Waals surface area contributed by atoms with Crippen molar-refractivity contribution >= 4 is 5.78 Å². The maximum Gasteiger partial charge on any atom is 0.138 e. The normalized spacial score (nSPS) is 20.3. The highest BCUT2D eigenvalue weighted by atomic mass is 16.5. The highest BCUT2D eigenvalue weighted by Crippen LogP contribution is 2.17. The second kappa shape index (κ2) is 6.57. The highest BCUT2D eigenvalue weighted by molar-refractivity contribution is 5.81. The number of carbonyl (C=O) groups is 1. The molecule has 2 rings (SSSR count). The van der Waals surface area contributed by atoms with Gasteiger partial charge >= 0.3 is 0 Å². The number of rotatable bonds is 5. The van der Waals surface area contributed by atoms with Crippen molar-refractivity contribution in [1.82, 2.24) is 4.90 Å². The summed E-state index contributed by atoms with van der Waals surface area (Å²) in [7, 11) is 1.65. The Morgan fingerprint density at radius 3 is 2.58 bits per heavy atom. The van der Waals surface area contributed by atoms with E-state index in [9.17, 15) is 4.79 Å². The van der Waals surface area contributed by atoms with Crippen LogP contribution in [0.4, 0.5) is 0 Å². The molecule has 4 nitrogen and oxygen atoms in total. The number of ketones is 1. The first kappa shape index (κ1) is 13.9. The lowest BCUT2D eigenvalue weighted by molar-refractivity contribution is -0.125. The number of carbonyl (C=O) groups excluding carboxylic acids is 1. The summed E-state index contributed by atoms with van der Waals surface area (Å²) in [4.78, 5) is 13.7. The molecule has 0 spiro atoms. The van der Waals surface area contributed by atoms with Crippen LogP contribution in [0.3, 0.4) is 0 Å². The van der Waals surface area contributed by atoms with Gasteiger partial charge < -0.3 is 9.47 Å². The summed E-state index contributed by atoms with van der Waals surface area (Å²) < 4.78 is 10.8. The van der Waals surface area contributed by atoms with E-state index in [1.54, 1.807) is 7.11 Å². The molecule has 1 heterocycles. The van der Waals surface area contributed by atoms with Crippen LogP contribution in [0, 0.1) is 5.92 Å². The molecular weight excluding hydrogens is 242 g/mol. The Morgan fingerprint density at radius 1 is 1.26 bits per heavy atom. The topological polar surface area (TPSA) is 38.8 Å². The third-order valence-corrected chi connectivity index (χ3v) is 3.49. The van der Waals surface area contributed by atoms with E-state index < -0.39 is 0 Å². The third kappa shape index (κ3) is 3.96. The van der Waals surface area contributed by atoms with Crippen molar-refractivity contribution in [1.29, 1.82) is 0 Å². The minimum absolute atomic E-state index is 0.162. The van der Waals surface area contributed by atoms with Crippen LogP contribution in [-0.2, 0) is 4.79 Å². The minimum Gasteiger partial charge on any atom is -0.497 e. The van der Waals surface area contributed by atoms with Crippen molar-refractivity contribution in [3.63, 3.8) is 0 Å². The van der Waals surface area contributed by atoms with Gasteiger partial charge in [-0.05, 0) is 24.3 Å². The average Bonchev–Trinajstić information content (AvgIpc) is 2.43. The van der Waals surface area contributed by atoms with E-state index in [1.807, 2.05) is 31.2 Å². The summed E-state index contributed by atoms with van der Waals surface area (Å²) in [6, 6.07) is 7.58. The quantitative estimate of drug-likeness (QED) is 0.814. The number of Topliss-reactive ketones (excluding diaryl/α,β-unsaturated/α-hetero) is 1. The third-order valence-electron chi connectivity index (χ3n) is 3.49. The van der Waals surface area contributed by atoms with Gasteiger partial charge in [-0.3, -0.25) is 9.69 Å². The monoisotopic (exact) mass is 263 g/mol. The zero-order valence-electron chi connectivity index (χ0n) is 11.6. The Kier molecular flexibility index (Phi) is 4.80. The van der Waals surface area contributed by atoms with Crippen LogP contribution in [0.1, 0.15) is 13.3 Å². The van der Waals surface area contributed by atoms with E-state index >= 15 is 0 Å². The Hall–Kier alpha value is -1.55. The first-order chi connectivity index (χ1) is 9.19. The maximum absolute atomic E-state index is 11.4. The van der Waals surface area contributed by atoms with Gasteiger partial charge in [-0.25, -0.2) is 0 Å². The largest absolute Gasteiger partial charge is 0.497 e. The summed E-state index contributed by atoms with van der Waals surface area (Å²) in [5.74, 6) is 2.22. The maximum atomic E-state index is 11.4. The zero-order chi connectivity index (χ0) is 13.7. The molecule has 0 aromatic heterocycles. The standard InChI is InChI=1S/C15H21NO3/c1-12-11-16(8-7-15(12)17)9-10-19-14-5-3-13(18-2)4-6-14/h3-6,12H,7-11H2,1-2H3. The average molecular weight is 263 g/mol. The Balaban J connectivity index is 1.72. The molecular formula is C15H21NO3. The predicted octanol–water partition coefficient (Wildman–Crippen LogP) is 1.98. The van der Waals surface area contributed by atoms with Gasteiger partial charge in [0.15, 0.2) is 0 Å². The lowest BCUT2D eigenvalue weighted by Crippen LogP contribution is -2.41. The molecule has 0 N–H and O–H groups in total.